The first kappa shape index (κ1) is 11.3. The Hall–Kier alpha value is -2.18. The van der Waals surface area contributed by atoms with Crippen LogP contribution in [-0.2, 0) is 0 Å². The second-order valence-electron chi connectivity index (χ2n) is 3.42. The van der Waals surface area contributed by atoms with Crippen LogP contribution < -0.4 is 10.5 Å². The fourth-order valence-corrected chi connectivity index (χ4v) is 1.48. The number of rotatable bonds is 2. The van der Waals surface area contributed by atoms with E-state index in [1.165, 1.54) is 0 Å². The highest BCUT2D eigenvalue weighted by molar-refractivity contribution is 6.33. The molecule has 0 aromatic heterocycles. The maximum absolute atomic E-state index is 8.66. The Morgan fingerprint density at radius 3 is 2.29 bits per heavy atom. The molecule has 17 heavy (non-hydrogen) atoms. The summed E-state index contributed by atoms with van der Waals surface area (Å²) in [6, 6.07) is 13.9. The van der Waals surface area contributed by atoms with Crippen LogP contribution in [-0.4, -0.2) is 0 Å². The summed E-state index contributed by atoms with van der Waals surface area (Å²) in [4.78, 5) is 0. The minimum absolute atomic E-state index is 0.455. The Kier molecular flexibility index (Phi) is 3.17. The fourth-order valence-electron chi connectivity index (χ4n) is 1.30. The molecule has 0 saturated carbocycles. The smallest absolute Gasteiger partial charge is 0.129 e. The number of hydrogen-bond acceptors (Lipinski definition) is 3. The molecule has 0 spiro atoms. The molecule has 2 aromatic carbocycles. The van der Waals surface area contributed by atoms with Gasteiger partial charge in [0.25, 0.3) is 0 Å². The van der Waals surface area contributed by atoms with Crippen LogP contribution in [0.15, 0.2) is 42.5 Å². The van der Waals surface area contributed by atoms with Crippen LogP contribution in [0.1, 0.15) is 5.56 Å². The summed E-state index contributed by atoms with van der Waals surface area (Å²) in [7, 11) is 0. The van der Waals surface area contributed by atoms with Crippen LogP contribution in [0.5, 0.6) is 11.5 Å². The van der Waals surface area contributed by atoms with E-state index in [4.69, 9.17) is 27.3 Å². The van der Waals surface area contributed by atoms with Gasteiger partial charge in [-0.3, -0.25) is 0 Å². The average Bonchev–Trinajstić information content (AvgIpc) is 2.35. The summed E-state index contributed by atoms with van der Waals surface area (Å²) >= 11 is 5.88. The van der Waals surface area contributed by atoms with E-state index in [0.29, 0.717) is 27.8 Å². The third kappa shape index (κ3) is 2.68. The number of nitrogens with two attached hydrogens (primary N) is 1. The van der Waals surface area contributed by atoms with Crippen molar-refractivity contribution in [2.24, 2.45) is 0 Å². The van der Waals surface area contributed by atoms with E-state index >= 15 is 0 Å². The van der Waals surface area contributed by atoms with Gasteiger partial charge in [-0.05, 0) is 36.4 Å². The third-order valence-electron chi connectivity index (χ3n) is 2.19. The topological polar surface area (TPSA) is 59.0 Å². The van der Waals surface area contributed by atoms with Gasteiger partial charge in [0.05, 0.1) is 22.3 Å². The summed E-state index contributed by atoms with van der Waals surface area (Å²) in [5.41, 5.74) is 6.70. The summed E-state index contributed by atoms with van der Waals surface area (Å²) in [6.07, 6.45) is 0. The fraction of sp³-hybridized carbons (Fsp3) is 0. The number of halogens is 1. The Balaban J connectivity index is 2.20. The van der Waals surface area contributed by atoms with Gasteiger partial charge in [0.15, 0.2) is 0 Å². The molecule has 0 atom stereocenters. The van der Waals surface area contributed by atoms with Crippen molar-refractivity contribution in [3.8, 4) is 17.6 Å². The molecule has 0 aliphatic carbocycles. The lowest BCUT2D eigenvalue weighted by Gasteiger charge is -2.06. The van der Waals surface area contributed by atoms with E-state index in [-0.39, 0.29) is 0 Å². The molecule has 2 N–H and O–H groups in total. The first-order chi connectivity index (χ1) is 8.19. The zero-order chi connectivity index (χ0) is 12.3. The maximum atomic E-state index is 8.66. The van der Waals surface area contributed by atoms with Crippen LogP contribution in [0.4, 0.5) is 5.69 Å². The number of nitriles is 1. The standard InChI is InChI=1S/C13H9ClN2O/c14-12-7-11(5-6-13(12)16)17-10-3-1-9(8-15)2-4-10/h1-7H,16H2. The lowest BCUT2D eigenvalue weighted by Crippen LogP contribution is -1.88. The highest BCUT2D eigenvalue weighted by atomic mass is 35.5. The molecule has 4 heteroatoms. The van der Waals surface area contributed by atoms with Crippen molar-refractivity contribution in [1.29, 1.82) is 5.26 Å². The highest BCUT2D eigenvalue weighted by Gasteiger charge is 2.01. The van der Waals surface area contributed by atoms with Gasteiger partial charge in [-0.1, -0.05) is 11.6 Å². The van der Waals surface area contributed by atoms with E-state index in [0.717, 1.165) is 0 Å². The maximum Gasteiger partial charge on any atom is 0.129 e. The molecule has 0 heterocycles. The van der Waals surface area contributed by atoms with Crippen LogP contribution in [0, 0.1) is 11.3 Å². The monoisotopic (exact) mass is 244 g/mol. The zero-order valence-electron chi connectivity index (χ0n) is 8.85. The van der Waals surface area contributed by atoms with Crippen LogP contribution in [0.3, 0.4) is 0 Å². The normalized spacial score (nSPS) is 9.65. The van der Waals surface area contributed by atoms with Gasteiger partial charge >= 0.3 is 0 Å². The second kappa shape index (κ2) is 4.77. The molecule has 0 amide bonds. The Labute approximate surface area is 104 Å². The lowest BCUT2D eigenvalue weighted by atomic mass is 10.2. The van der Waals surface area contributed by atoms with E-state index < -0.39 is 0 Å². The van der Waals surface area contributed by atoms with Crippen molar-refractivity contribution >= 4 is 17.3 Å². The Morgan fingerprint density at radius 1 is 1.06 bits per heavy atom. The molecule has 0 saturated heterocycles. The van der Waals surface area contributed by atoms with E-state index in [1.807, 2.05) is 6.07 Å². The van der Waals surface area contributed by atoms with Gasteiger partial charge in [0.1, 0.15) is 11.5 Å². The first-order valence-corrected chi connectivity index (χ1v) is 5.30. The zero-order valence-corrected chi connectivity index (χ0v) is 9.61. The van der Waals surface area contributed by atoms with Gasteiger partial charge in [-0.2, -0.15) is 5.26 Å². The van der Waals surface area contributed by atoms with Crippen molar-refractivity contribution in [3.05, 3.63) is 53.1 Å². The molecular weight excluding hydrogens is 236 g/mol. The van der Waals surface area contributed by atoms with Gasteiger partial charge in [-0.25, -0.2) is 0 Å². The number of hydrogen-bond donors (Lipinski definition) is 1. The highest BCUT2D eigenvalue weighted by Crippen LogP contribution is 2.27. The molecule has 0 radical (unpaired) electrons. The van der Waals surface area contributed by atoms with Gasteiger partial charge < -0.3 is 10.5 Å². The Morgan fingerprint density at radius 2 is 1.71 bits per heavy atom. The van der Waals surface area contributed by atoms with E-state index in [9.17, 15) is 0 Å². The first-order valence-electron chi connectivity index (χ1n) is 4.92. The van der Waals surface area contributed by atoms with Crippen molar-refractivity contribution in [2.75, 3.05) is 5.73 Å². The predicted molar refractivity (Wildman–Crippen MR) is 67.1 cm³/mol. The molecule has 0 aliphatic heterocycles. The molecule has 0 unspecified atom stereocenters. The van der Waals surface area contributed by atoms with Crippen LogP contribution in [0.25, 0.3) is 0 Å². The molecular formula is C13H9ClN2O. The summed E-state index contributed by atoms with van der Waals surface area (Å²) in [5, 5.41) is 9.12. The van der Waals surface area contributed by atoms with E-state index in [1.54, 1.807) is 42.5 Å². The predicted octanol–water partition coefficient (Wildman–Crippen LogP) is 3.59. The average molecular weight is 245 g/mol. The summed E-state index contributed by atoms with van der Waals surface area (Å²) in [5.74, 6) is 1.25. The Bertz CT molecular complexity index is 573. The molecule has 84 valence electrons. The minimum Gasteiger partial charge on any atom is -0.457 e. The van der Waals surface area contributed by atoms with Crippen molar-refractivity contribution < 1.29 is 4.74 Å². The summed E-state index contributed by atoms with van der Waals surface area (Å²) in [6.45, 7) is 0. The molecule has 0 fully saturated rings. The number of ether oxygens (including phenoxy) is 1. The quantitative estimate of drug-likeness (QED) is 0.822. The van der Waals surface area contributed by atoms with Crippen molar-refractivity contribution in [2.45, 2.75) is 0 Å². The van der Waals surface area contributed by atoms with Crippen LogP contribution >= 0.6 is 11.6 Å². The number of nitrogen functional groups attached to an aromatic ring is 1. The van der Waals surface area contributed by atoms with Gasteiger partial charge in [-0.15, -0.1) is 0 Å². The molecule has 2 aromatic rings. The molecule has 0 bridgehead atoms. The summed E-state index contributed by atoms with van der Waals surface area (Å²) < 4.78 is 5.56. The molecule has 3 nitrogen and oxygen atoms in total. The van der Waals surface area contributed by atoms with Crippen molar-refractivity contribution in [3.63, 3.8) is 0 Å². The van der Waals surface area contributed by atoms with Crippen molar-refractivity contribution in [1.82, 2.24) is 0 Å². The van der Waals surface area contributed by atoms with Gasteiger partial charge in [0, 0.05) is 6.07 Å². The SMILES string of the molecule is N#Cc1ccc(Oc2ccc(N)c(Cl)c2)cc1. The molecule has 2 rings (SSSR count). The lowest BCUT2D eigenvalue weighted by molar-refractivity contribution is 0.483. The van der Waals surface area contributed by atoms with Gasteiger partial charge in [0.2, 0.25) is 0 Å². The molecule has 0 aliphatic rings. The largest absolute Gasteiger partial charge is 0.457 e. The number of nitrogens with zero attached hydrogens (tertiary/aromatic N) is 1. The third-order valence-corrected chi connectivity index (χ3v) is 2.52. The number of benzene rings is 2. The van der Waals surface area contributed by atoms with E-state index in [2.05, 4.69) is 0 Å². The second-order valence-corrected chi connectivity index (χ2v) is 3.83. The van der Waals surface area contributed by atoms with Crippen LogP contribution in [0.2, 0.25) is 5.02 Å². The number of anilines is 1. The minimum atomic E-state index is 0.455.